The van der Waals surface area contributed by atoms with Gasteiger partial charge in [0, 0.05) is 12.1 Å². The lowest BCUT2D eigenvalue weighted by Crippen LogP contribution is -2.13. The average molecular weight is 237 g/mol. The summed E-state index contributed by atoms with van der Waals surface area (Å²) in [6.07, 6.45) is 0. The van der Waals surface area contributed by atoms with Crippen LogP contribution in [0.15, 0.2) is 24.3 Å². The monoisotopic (exact) mass is 236 g/mol. The van der Waals surface area contributed by atoms with Gasteiger partial charge in [-0.3, -0.25) is 4.68 Å². The molecule has 1 aromatic carbocycles. The van der Waals surface area contributed by atoms with Gasteiger partial charge in [0.25, 0.3) is 0 Å². The van der Waals surface area contributed by atoms with Gasteiger partial charge in [-0.1, -0.05) is 23.7 Å². The predicted molar refractivity (Wildman–Crippen MR) is 63.2 cm³/mol. The number of hydrogen-bond acceptors (Lipinski definition) is 3. The fourth-order valence-corrected chi connectivity index (χ4v) is 1.56. The largest absolute Gasteiger partial charge is 0.318 e. The van der Waals surface area contributed by atoms with Crippen LogP contribution in [0.25, 0.3) is 0 Å². The average Bonchev–Trinajstić information content (AvgIpc) is 2.59. The Morgan fingerprint density at radius 1 is 1.31 bits per heavy atom. The Morgan fingerprint density at radius 2 is 1.94 bits per heavy atom. The number of aryl methyl sites for hydroxylation is 2. The first-order valence-electron chi connectivity index (χ1n) is 4.96. The van der Waals surface area contributed by atoms with Crippen LogP contribution >= 0.6 is 11.6 Å². The summed E-state index contributed by atoms with van der Waals surface area (Å²) in [6, 6.07) is 7.09. The Bertz CT molecular complexity index is 470. The van der Waals surface area contributed by atoms with E-state index in [2.05, 4.69) is 10.1 Å². The number of rotatable bonds is 2. The van der Waals surface area contributed by atoms with Gasteiger partial charge in [0.1, 0.15) is 5.82 Å². The Labute approximate surface area is 99.1 Å². The molecule has 1 atom stereocenters. The predicted octanol–water partition coefficient (Wildman–Crippen LogP) is 1.83. The van der Waals surface area contributed by atoms with E-state index in [1.54, 1.807) is 4.68 Å². The first-order chi connectivity index (χ1) is 7.58. The van der Waals surface area contributed by atoms with Crippen molar-refractivity contribution in [1.82, 2.24) is 14.8 Å². The van der Waals surface area contributed by atoms with Crippen LogP contribution in [0.3, 0.4) is 0 Å². The molecule has 2 N–H and O–H groups in total. The number of halogens is 1. The SMILES string of the molecule is Cc1nc(C(N)c2ccc(Cl)cc2)nn1C. The summed E-state index contributed by atoms with van der Waals surface area (Å²) in [6.45, 7) is 1.89. The van der Waals surface area contributed by atoms with Gasteiger partial charge < -0.3 is 5.73 Å². The molecule has 1 unspecified atom stereocenters. The summed E-state index contributed by atoms with van der Waals surface area (Å²) < 4.78 is 1.71. The van der Waals surface area contributed by atoms with Crippen LogP contribution in [0.1, 0.15) is 23.3 Å². The Kier molecular flexibility index (Phi) is 2.94. The van der Waals surface area contributed by atoms with E-state index in [0.29, 0.717) is 10.8 Å². The summed E-state index contributed by atoms with van der Waals surface area (Å²) in [5, 5.41) is 4.95. The van der Waals surface area contributed by atoms with Crippen LogP contribution in [0.2, 0.25) is 5.02 Å². The third kappa shape index (κ3) is 2.08. The summed E-state index contributed by atoms with van der Waals surface area (Å²) >= 11 is 5.82. The molecular weight excluding hydrogens is 224 g/mol. The van der Waals surface area contributed by atoms with Crippen LogP contribution in [-0.2, 0) is 7.05 Å². The molecule has 0 radical (unpaired) electrons. The van der Waals surface area contributed by atoms with E-state index in [1.165, 1.54) is 0 Å². The molecule has 2 rings (SSSR count). The summed E-state index contributed by atoms with van der Waals surface area (Å²) in [4.78, 5) is 4.30. The molecule has 2 aromatic rings. The van der Waals surface area contributed by atoms with Gasteiger partial charge in [-0.15, -0.1) is 0 Å². The van der Waals surface area contributed by atoms with E-state index in [-0.39, 0.29) is 6.04 Å². The van der Waals surface area contributed by atoms with Gasteiger partial charge in [-0.05, 0) is 24.6 Å². The summed E-state index contributed by atoms with van der Waals surface area (Å²) in [5.41, 5.74) is 7.02. The highest BCUT2D eigenvalue weighted by Gasteiger charge is 2.14. The van der Waals surface area contributed by atoms with Crippen molar-refractivity contribution in [2.45, 2.75) is 13.0 Å². The third-order valence-corrected chi connectivity index (χ3v) is 2.76. The number of aromatic nitrogens is 3. The maximum Gasteiger partial charge on any atom is 0.172 e. The maximum absolute atomic E-state index is 6.07. The van der Waals surface area contributed by atoms with Gasteiger partial charge in [-0.2, -0.15) is 5.10 Å². The molecule has 0 amide bonds. The second-order valence-corrected chi connectivity index (χ2v) is 4.11. The van der Waals surface area contributed by atoms with E-state index in [9.17, 15) is 0 Å². The second kappa shape index (κ2) is 4.23. The molecule has 4 nitrogen and oxygen atoms in total. The molecule has 5 heteroatoms. The standard InChI is InChI=1S/C11H13ClN4/c1-7-14-11(15-16(7)2)10(13)8-3-5-9(12)6-4-8/h3-6,10H,13H2,1-2H3. The lowest BCUT2D eigenvalue weighted by atomic mass is 10.1. The van der Waals surface area contributed by atoms with E-state index < -0.39 is 0 Å². The highest BCUT2D eigenvalue weighted by atomic mass is 35.5. The van der Waals surface area contributed by atoms with E-state index in [1.807, 2.05) is 38.2 Å². The van der Waals surface area contributed by atoms with Crippen LogP contribution in [0.5, 0.6) is 0 Å². The Balaban J connectivity index is 2.31. The molecule has 0 aliphatic heterocycles. The topological polar surface area (TPSA) is 56.7 Å². The van der Waals surface area contributed by atoms with Crippen LogP contribution in [0, 0.1) is 6.92 Å². The van der Waals surface area contributed by atoms with E-state index in [4.69, 9.17) is 17.3 Å². The van der Waals surface area contributed by atoms with Gasteiger partial charge in [0.05, 0.1) is 6.04 Å². The van der Waals surface area contributed by atoms with Crippen molar-refractivity contribution in [3.8, 4) is 0 Å². The first-order valence-corrected chi connectivity index (χ1v) is 5.34. The molecule has 1 aromatic heterocycles. The van der Waals surface area contributed by atoms with Crippen molar-refractivity contribution < 1.29 is 0 Å². The molecule has 0 bridgehead atoms. The fourth-order valence-electron chi connectivity index (χ4n) is 1.44. The first kappa shape index (κ1) is 11.1. The van der Waals surface area contributed by atoms with Crippen LogP contribution in [-0.4, -0.2) is 14.8 Å². The van der Waals surface area contributed by atoms with Crippen molar-refractivity contribution in [1.29, 1.82) is 0 Å². The minimum absolute atomic E-state index is 0.308. The molecule has 84 valence electrons. The van der Waals surface area contributed by atoms with Gasteiger partial charge in [-0.25, -0.2) is 4.98 Å². The van der Waals surface area contributed by atoms with E-state index in [0.717, 1.165) is 11.4 Å². The number of hydrogen-bond donors (Lipinski definition) is 1. The molecule has 0 saturated carbocycles. The molecule has 1 heterocycles. The zero-order valence-corrected chi connectivity index (χ0v) is 9.94. The summed E-state index contributed by atoms with van der Waals surface area (Å²) in [5.74, 6) is 1.47. The number of benzene rings is 1. The maximum atomic E-state index is 6.07. The van der Waals surface area contributed by atoms with Gasteiger partial charge >= 0.3 is 0 Å². The zero-order chi connectivity index (χ0) is 11.7. The van der Waals surface area contributed by atoms with Crippen molar-refractivity contribution in [3.63, 3.8) is 0 Å². The Morgan fingerprint density at radius 3 is 2.44 bits per heavy atom. The lowest BCUT2D eigenvalue weighted by molar-refractivity contribution is 0.700. The molecule has 0 aliphatic rings. The zero-order valence-electron chi connectivity index (χ0n) is 9.18. The van der Waals surface area contributed by atoms with Crippen molar-refractivity contribution in [2.75, 3.05) is 0 Å². The normalized spacial score (nSPS) is 12.8. The number of nitrogens with zero attached hydrogens (tertiary/aromatic N) is 3. The Hall–Kier alpha value is -1.39. The molecule has 0 fully saturated rings. The van der Waals surface area contributed by atoms with Crippen LogP contribution < -0.4 is 5.73 Å². The second-order valence-electron chi connectivity index (χ2n) is 3.67. The fraction of sp³-hybridized carbons (Fsp3) is 0.273. The van der Waals surface area contributed by atoms with Crippen molar-refractivity contribution in [2.24, 2.45) is 12.8 Å². The quantitative estimate of drug-likeness (QED) is 0.866. The molecule has 0 saturated heterocycles. The van der Waals surface area contributed by atoms with Gasteiger partial charge in [0.15, 0.2) is 5.82 Å². The highest BCUT2D eigenvalue weighted by Crippen LogP contribution is 2.18. The van der Waals surface area contributed by atoms with Crippen LogP contribution in [0.4, 0.5) is 0 Å². The third-order valence-electron chi connectivity index (χ3n) is 2.50. The molecule has 16 heavy (non-hydrogen) atoms. The number of nitrogens with two attached hydrogens (primary N) is 1. The molecular formula is C11H13ClN4. The van der Waals surface area contributed by atoms with Crippen molar-refractivity contribution >= 4 is 11.6 Å². The smallest absolute Gasteiger partial charge is 0.172 e. The van der Waals surface area contributed by atoms with Crippen molar-refractivity contribution in [3.05, 3.63) is 46.5 Å². The highest BCUT2D eigenvalue weighted by molar-refractivity contribution is 6.30. The summed E-state index contributed by atoms with van der Waals surface area (Å²) in [7, 11) is 1.85. The van der Waals surface area contributed by atoms with Gasteiger partial charge in [0.2, 0.25) is 0 Å². The minimum atomic E-state index is -0.308. The minimum Gasteiger partial charge on any atom is -0.318 e. The molecule has 0 spiro atoms. The molecule has 0 aliphatic carbocycles. The van der Waals surface area contributed by atoms with E-state index >= 15 is 0 Å². The lowest BCUT2D eigenvalue weighted by Gasteiger charge is -2.07.